The first-order chi connectivity index (χ1) is 9.97. The summed E-state index contributed by atoms with van der Waals surface area (Å²) in [4.78, 5) is 11.7. The van der Waals surface area contributed by atoms with Crippen LogP contribution in [0.2, 0.25) is 10.0 Å². The zero-order valence-corrected chi connectivity index (χ0v) is 12.1. The fraction of sp³-hybridized carbons (Fsp3) is 0.0714. The molecule has 0 fully saturated rings. The van der Waals surface area contributed by atoms with Gasteiger partial charge in [-0.1, -0.05) is 29.3 Å². The van der Waals surface area contributed by atoms with Crippen molar-refractivity contribution in [3.8, 4) is 0 Å². The van der Waals surface area contributed by atoms with E-state index in [4.69, 9.17) is 23.2 Å². The second-order valence-corrected chi connectivity index (χ2v) is 4.97. The van der Waals surface area contributed by atoms with Crippen molar-refractivity contribution in [1.82, 2.24) is 0 Å². The van der Waals surface area contributed by atoms with Gasteiger partial charge in [0.05, 0.1) is 17.3 Å². The molecule has 0 aromatic heterocycles. The summed E-state index contributed by atoms with van der Waals surface area (Å²) in [6, 6.07) is 8.04. The minimum atomic E-state index is -0.840. The fourth-order valence-corrected chi connectivity index (χ4v) is 2.08. The van der Waals surface area contributed by atoms with Crippen molar-refractivity contribution in [3.05, 3.63) is 58.1 Å². The second-order valence-electron chi connectivity index (χ2n) is 4.12. The summed E-state index contributed by atoms with van der Waals surface area (Å²) in [6.45, 7) is -0.199. The molecule has 0 bridgehead atoms. The number of nitrogens with one attached hydrogen (secondary N) is 2. The van der Waals surface area contributed by atoms with Gasteiger partial charge in [-0.15, -0.1) is 0 Å². The molecular weight excluding hydrogens is 321 g/mol. The highest BCUT2D eigenvalue weighted by Crippen LogP contribution is 2.25. The Kier molecular flexibility index (Phi) is 4.98. The third-order valence-electron chi connectivity index (χ3n) is 2.60. The van der Waals surface area contributed by atoms with Gasteiger partial charge in [-0.3, -0.25) is 4.79 Å². The standard InChI is InChI=1S/C14H10Cl2F2N2O/c15-8-4-5-12(9(16)6-8)19-7-13(21)20-14-10(17)2-1-3-11(14)18/h1-6,19H,7H2,(H,20,21). The molecule has 0 heterocycles. The van der Waals surface area contributed by atoms with Crippen LogP contribution in [-0.4, -0.2) is 12.5 Å². The highest BCUT2D eigenvalue weighted by atomic mass is 35.5. The van der Waals surface area contributed by atoms with Crippen LogP contribution in [0.5, 0.6) is 0 Å². The molecule has 0 atom stereocenters. The normalized spacial score (nSPS) is 10.3. The quantitative estimate of drug-likeness (QED) is 0.876. The van der Waals surface area contributed by atoms with Crippen LogP contribution in [0.3, 0.4) is 0 Å². The van der Waals surface area contributed by atoms with Crippen molar-refractivity contribution < 1.29 is 13.6 Å². The molecular formula is C14H10Cl2F2N2O. The van der Waals surface area contributed by atoms with E-state index in [0.29, 0.717) is 15.7 Å². The maximum Gasteiger partial charge on any atom is 0.243 e. The molecule has 0 radical (unpaired) electrons. The molecule has 0 aliphatic heterocycles. The number of halogens is 4. The van der Waals surface area contributed by atoms with Gasteiger partial charge in [-0.05, 0) is 30.3 Å². The molecule has 2 N–H and O–H groups in total. The average Bonchev–Trinajstić information content (AvgIpc) is 2.42. The van der Waals surface area contributed by atoms with E-state index in [2.05, 4.69) is 10.6 Å². The number of hydrogen-bond donors (Lipinski definition) is 2. The number of para-hydroxylation sites is 1. The lowest BCUT2D eigenvalue weighted by Gasteiger charge is -2.10. The molecule has 110 valence electrons. The van der Waals surface area contributed by atoms with Gasteiger partial charge in [0.1, 0.15) is 17.3 Å². The Morgan fingerprint density at radius 3 is 2.38 bits per heavy atom. The van der Waals surface area contributed by atoms with E-state index < -0.39 is 23.2 Å². The Bertz CT molecular complexity index is 660. The Labute approximate surface area is 129 Å². The van der Waals surface area contributed by atoms with Crippen molar-refractivity contribution in [1.29, 1.82) is 0 Å². The first-order valence-corrected chi connectivity index (χ1v) is 6.66. The molecule has 0 saturated heterocycles. The van der Waals surface area contributed by atoms with Crippen LogP contribution in [0.15, 0.2) is 36.4 Å². The summed E-state index contributed by atoms with van der Waals surface area (Å²) in [5, 5.41) is 5.71. The van der Waals surface area contributed by atoms with Crippen molar-refractivity contribution >= 4 is 40.5 Å². The largest absolute Gasteiger partial charge is 0.375 e. The number of anilines is 2. The molecule has 0 aliphatic carbocycles. The Hall–Kier alpha value is -1.85. The topological polar surface area (TPSA) is 41.1 Å². The van der Waals surface area contributed by atoms with E-state index in [0.717, 1.165) is 12.1 Å². The monoisotopic (exact) mass is 330 g/mol. The van der Waals surface area contributed by atoms with E-state index in [9.17, 15) is 13.6 Å². The van der Waals surface area contributed by atoms with E-state index >= 15 is 0 Å². The van der Waals surface area contributed by atoms with Crippen LogP contribution < -0.4 is 10.6 Å². The summed E-state index contributed by atoms with van der Waals surface area (Å²) in [7, 11) is 0. The molecule has 0 unspecified atom stereocenters. The third-order valence-corrected chi connectivity index (χ3v) is 3.15. The highest BCUT2D eigenvalue weighted by Gasteiger charge is 2.12. The lowest BCUT2D eigenvalue weighted by atomic mass is 10.3. The van der Waals surface area contributed by atoms with Crippen LogP contribution in [0.4, 0.5) is 20.2 Å². The van der Waals surface area contributed by atoms with Crippen molar-refractivity contribution in [2.24, 2.45) is 0 Å². The fourth-order valence-electron chi connectivity index (χ4n) is 1.61. The van der Waals surface area contributed by atoms with Gasteiger partial charge >= 0.3 is 0 Å². The van der Waals surface area contributed by atoms with Gasteiger partial charge in [0, 0.05) is 5.02 Å². The molecule has 3 nitrogen and oxygen atoms in total. The van der Waals surface area contributed by atoms with Gasteiger partial charge in [-0.25, -0.2) is 8.78 Å². The smallest absolute Gasteiger partial charge is 0.243 e. The summed E-state index contributed by atoms with van der Waals surface area (Å²) in [6.07, 6.45) is 0. The molecule has 2 aromatic carbocycles. The Morgan fingerprint density at radius 1 is 1.10 bits per heavy atom. The van der Waals surface area contributed by atoms with Crippen molar-refractivity contribution in [2.75, 3.05) is 17.2 Å². The molecule has 21 heavy (non-hydrogen) atoms. The molecule has 1 amide bonds. The van der Waals surface area contributed by atoms with Crippen LogP contribution in [0.1, 0.15) is 0 Å². The number of hydrogen-bond acceptors (Lipinski definition) is 2. The first kappa shape index (κ1) is 15.5. The minimum Gasteiger partial charge on any atom is -0.375 e. The van der Waals surface area contributed by atoms with Crippen molar-refractivity contribution in [2.45, 2.75) is 0 Å². The summed E-state index contributed by atoms with van der Waals surface area (Å²) in [5.41, 5.74) is 0.0109. The first-order valence-electron chi connectivity index (χ1n) is 5.90. The Balaban J connectivity index is 1.99. The van der Waals surface area contributed by atoms with Crippen LogP contribution >= 0.6 is 23.2 Å². The predicted octanol–water partition coefficient (Wildman–Crippen LogP) is 4.32. The lowest BCUT2D eigenvalue weighted by Crippen LogP contribution is -2.23. The number of carbonyl (C=O) groups is 1. The number of amides is 1. The number of benzene rings is 2. The van der Waals surface area contributed by atoms with Gasteiger partial charge < -0.3 is 10.6 Å². The molecule has 2 rings (SSSR count). The molecule has 0 saturated carbocycles. The van der Waals surface area contributed by atoms with E-state index in [1.807, 2.05) is 0 Å². The maximum atomic E-state index is 13.4. The van der Waals surface area contributed by atoms with Gasteiger partial charge in [-0.2, -0.15) is 0 Å². The molecule has 0 spiro atoms. The summed E-state index contributed by atoms with van der Waals surface area (Å²) >= 11 is 11.7. The molecule has 0 aliphatic rings. The molecule has 7 heteroatoms. The zero-order valence-electron chi connectivity index (χ0n) is 10.6. The zero-order chi connectivity index (χ0) is 15.4. The lowest BCUT2D eigenvalue weighted by molar-refractivity contribution is -0.114. The Morgan fingerprint density at radius 2 is 1.76 bits per heavy atom. The number of rotatable bonds is 4. The maximum absolute atomic E-state index is 13.4. The van der Waals surface area contributed by atoms with Gasteiger partial charge in [0.25, 0.3) is 0 Å². The van der Waals surface area contributed by atoms with E-state index in [1.54, 1.807) is 12.1 Å². The van der Waals surface area contributed by atoms with E-state index in [1.165, 1.54) is 12.1 Å². The average molecular weight is 331 g/mol. The van der Waals surface area contributed by atoms with Crippen molar-refractivity contribution in [3.63, 3.8) is 0 Å². The third kappa shape index (κ3) is 4.06. The second kappa shape index (κ2) is 6.74. The SMILES string of the molecule is O=C(CNc1ccc(Cl)cc1Cl)Nc1c(F)cccc1F. The highest BCUT2D eigenvalue weighted by molar-refractivity contribution is 6.36. The van der Waals surface area contributed by atoms with Crippen LogP contribution in [0.25, 0.3) is 0 Å². The van der Waals surface area contributed by atoms with Crippen LogP contribution in [0, 0.1) is 11.6 Å². The van der Waals surface area contributed by atoms with E-state index in [-0.39, 0.29) is 6.54 Å². The minimum absolute atomic E-state index is 0.199. The number of carbonyl (C=O) groups excluding carboxylic acids is 1. The van der Waals surface area contributed by atoms with Crippen LogP contribution in [-0.2, 0) is 4.79 Å². The molecule has 2 aromatic rings. The van der Waals surface area contributed by atoms with Gasteiger partial charge in [0.2, 0.25) is 5.91 Å². The summed E-state index contributed by atoms with van der Waals surface area (Å²) in [5.74, 6) is -2.29. The predicted molar refractivity (Wildman–Crippen MR) is 79.9 cm³/mol. The van der Waals surface area contributed by atoms with Gasteiger partial charge in [0.15, 0.2) is 0 Å². The summed E-state index contributed by atoms with van der Waals surface area (Å²) < 4.78 is 26.7.